The predicted molar refractivity (Wildman–Crippen MR) is 48.7 cm³/mol. The fourth-order valence-corrected chi connectivity index (χ4v) is 0.998. The van der Waals surface area contributed by atoms with Gasteiger partial charge in [-0.25, -0.2) is 8.42 Å². The normalized spacial score (nSPS) is 9.50. The van der Waals surface area contributed by atoms with Crippen molar-refractivity contribution in [1.82, 2.24) is 0 Å². The van der Waals surface area contributed by atoms with E-state index in [9.17, 15) is 13.0 Å². The molecule has 0 unspecified atom stereocenters. The van der Waals surface area contributed by atoms with Gasteiger partial charge in [0.15, 0.2) is 0 Å². The van der Waals surface area contributed by atoms with E-state index >= 15 is 0 Å². The number of hydrogen-bond acceptors (Lipinski definition) is 3. The molecule has 0 N–H and O–H groups in total. The van der Waals surface area contributed by atoms with Crippen LogP contribution >= 0.6 is 0 Å². The zero-order valence-electron chi connectivity index (χ0n) is 7.67. The topological polar surface area (TPSA) is 57.2 Å². The standard InChI is InChI=1S/C9H8O3S.Na/c10-13(11,12)8-4-7-9-5-2-1-3-6-9;/h1-3,5-8H,(H,10,11,12);/q;+1/p-1. The summed E-state index contributed by atoms with van der Waals surface area (Å²) in [6.07, 6.45) is 1.43. The van der Waals surface area contributed by atoms with E-state index < -0.39 is 10.1 Å². The summed E-state index contributed by atoms with van der Waals surface area (Å²) in [6, 6.07) is 9.00. The van der Waals surface area contributed by atoms with Crippen molar-refractivity contribution in [2.45, 2.75) is 0 Å². The minimum atomic E-state index is -4.31. The molecule has 0 saturated carbocycles. The smallest absolute Gasteiger partial charge is 0.744 e. The number of hydrogen-bond donors (Lipinski definition) is 0. The Balaban J connectivity index is 0.00000169. The first kappa shape index (κ1) is 13.7. The van der Waals surface area contributed by atoms with Crippen LogP contribution in [0.3, 0.4) is 0 Å². The van der Waals surface area contributed by atoms with Crippen LogP contribution in [0.5, 0.6) is 0 Å². The molecule has 0 aliphatic heterocycles. The summed E-state index contributed by atoms with van der Waals surface area (Å²) < 4.78 is 30.4. The van der Waals surface area contributed by atoms with Gasteiger partial charge in [-0.2, -0.15) is 0 Å². The zero-order valence-corrected chi connectivity index (χ0v) is 10.5. The van der Waals surface area contributed by atoms with E-state index in [1.54, 1.807) is 24.3 Å². The van der Waals surface area contributed by atoms with Crippen LogP contribution in [-0.2, 0) is 10.1 Å². The molecule has 3 nitrogen and oxygen atoms in total. The van der Waals surface area contributed by atoms with Crippen LogP contribution in [0.15, 0.2) is 41.5 Å². The van der Waals surface area contributed by atoms with E-state index in [4.69, 9.17) is 0 Å². The summed E-state index contributed by atoms with van der Waals surface area (Å²) >= 11 is 0. The Kier molecular flexibility index (Phi) is 6.04. The predicted octanol–water partition coefficient (Wildman–Crippen LogP) is -1.64. The minimum Gasteiger partial charge on any atom is -0.744 e. The van der Waals surface area contributed by atoms with Gasteiger partial charge in [-0.3, -0.25) is 0 Å². The van der Waals surface area contributed by atoms with Gasteiger partial charge in [-0.15, -0.1) is 5.73 Å². The molecular formula is C9H7NaO3S. The fraction of sp³-hybridized carbons (Fsp3) is 0. The SMILES string of the molecule is O=S(=O)([O-])C=C=Cc1ccccc1.[Na+]. The van der Waals surface area contributed by atoms with Crippen LogP contribution in [0.1, 0.15) is 5.56 Å². The maximum Gasteiger partial charge on any atom is 1.00 e. The monoisotopic (exact) mass is 218 g/mol. The van der Waals surface area contributed by atoms with Crippen LogP contribution in [-0.4, -0.2) is 13.0 Å². The zero-order chi connectivity index (χ0) is 9.73. The molecule has 68 valence electrons. The summed E-state index contributed by atoms with van der Waals surface area (Å²) in [5, 5.41) is 0.500. The summed E-state index contributed by atoms with van der Waals surface area (Å²) in [4.78, 5) is 0. The van der Waals surface area contributed by atoms with E-state index in [-0.39, 0.29) is 29.6 Å². The van der Waals surface area contributed by atoms with Crippen molar-refractivity contribution in [3.05, 3.63) is 47.0 Å². The Bertz CT molecular complexity index is 430. The molecule has 14 heavy (non-hydrogen) atoms. The molecule has 0 amide bonds. The molecule has 0 atom stereocenters. The van der Waals surface area contributed by atoms with Gasteiger partial charge in [0, 0.05) is 0 Å². The molecule has 0 heterocycles. The third-order valence-corrected chi connectivity index (χ3v) is 1.69. The molecule has 0 aliphatic carbocycles. The van der Waals surface area contributed by atoms with E-state index in [0.717, 1.165) is 5.56 Å². The third kappa shape index (κ3) is 6.16. The first-order valence-corrected chi connectivity index (χ1v) is 4.98. The Hall–Kier alpha value is -0.350. The quantitative estimate of drug-likeness (QED) is 0.340. The van der Waals surface area contributed by atoms with Gasteiger partial charge in [0.05, 0.1) is 5.41 Å². The first-order chi connectivity index (χ1) is 6.08. The van der Waals surface area contributed by atoms with Crippen molar-refractivity contribution in [2.75, 3.05) is 0 Å². The van der Waals surface area contributed by atoms with Crippen molar-refractivity contribution < 1.29 is 42.5 Å². The maximum absolute atomic E-state index is 10.1. The molecule has 1 rings (SSSR count). The fourth-order valence-electron chi connectivity index (χ4n) is 0.763. The van der Waals surface area contributed by atoms with Gasteiger partial charge in [-0.05, 0) is 11.6 Å². The molecule has 0 spiro atoms. The van der Waals surface area contributed by atoms with E-state index in [1.807, 2.05) is 6.07 Å². The second-order valence-corrected chi connectivity index (χ2v) is 3.55. The van der Waals surface area contributed by atoms with Crippen LogP contribution in [0.4, 0.5) is 0 Å². The van der Waals surface area contributed by atoms with E-state index in [0.29, 0.717) is 5.41 Å². The van der Waals surface area contributed by atoms with Crippen LogP contribution < -0.4 is 29.6 Å². The van der Waals surface area contributed by atoms with Gasteiger partial charge in [0.25, 0.3) is 0 Å². The van der Waals surface area contributed by atoms with E-state index in [2.05, 4.69) is 5.73 Å². The van der Waals surface area contributed by atoms with Gasteiger partial charge < -0.3 is 4.55 Å². The van der Waals surface area contributed by atoms with Gasteiger partial charge in [0.2, 0.25) is 0 Å². The molecule has 0 saturated heterocycles. The van der Waals surface area contributed by atoms with Crippen LogP contribution in [0.2, 0.25) is 0 Å². The van der Waals surface area contributed by atoms with Crippen molar-refractivity contribution in [2.24, 2.45) is 0 Å². The molecule has 1 aromatic carbocycles. The largest absolute Gasteiger partial charge is 1.00 e. The molecule has 5 heteroatoms. The maximum atomic E-state index is 10.1. The number of rotatable bonds is 2. The average molecular weight is 218 g/mol. The first-order valence-electron chi connectivity index (χ1n) is 3.51. The van der Waals surface area contributed by atoms with Crippen LogP contribution in [0, 0.1) is 0 Å². The average Bonchev–Trinajstić information content (AvgIpc) is 2.04. The van der Waals surface area contributed by atoms with Crippen molar-refractivity contribution in [3.63, 3.8) is 0 Å². The summed E-state index contributed by atoms with van der Waals surface area (Å²) in [7, 11) is -4.31. The van der Waals surface area contributed by atoms with Gasteiger partial charge in [0.1, 0.15) is 10.1 Å². The van der Waals surface area contributed by atoms with Crippen LogP contribution in [0.25, 0.3) is 6.08 Å². The van der Waals surface area contributed by atoms with Crippen molar-refractivity contribution in [1.29, 1.82) is 0 Å². The second-order valence-electron chi connectivity index (χ2n) is 2.33. The minimum absolute atomic E-state index is 0. The molecule has 0 aromatic heterocycles. The molecule has 0 radical (unpaired) electrons. The van der Waals surface area contributed by atoms with Gasteiger partial charge >= 0.3 is 29.6 Å². The Morgan fingerprint density at radius 1 is 1.21 bits per heavy atom. The van der Waals surface area contributed by atoms with E-state index in [1.165, 1.54) is 6.08 Å². The Morgan fingerprint density at radius 3 is 2.29 bits per heavy atom. The molecular weight excluding hydrogens is 211 g/mol. The van der Waals surface area contributed by atoms with Crippen molar-refractivity contribution >= 4 is 16.2 Å². The molecule has 0 bridgehead atoms. The summed E-state index contributed by atoms with van der Waals surface area (Å²) in [6.45, 7) is 0. The molecule has 0 aliphatic rings. The molecule has 0 fully saturated rings. The third-order valence-electron chi connectivity index (χ3n) is 1.26. The van der Waals surface area contributed by atoms with Crippen molar-refractivity contribution in [3.8, 4) is 0 Å². The number of benzene rings is 1. The summed E-state index contributed by atoms with van der Waals surface area (Å²) in [5.74, 6) is 0. The van der Waals surface area contributed by atoms with Gasteiger partial charge in [-0.1, -0.05) is 30.3 Å². The molecule has 1 aromatic rings. The Morgan fingerprint density at radius 2 is 1.79 bits per heavy atom. The Labute approximate surface area is 105 Å². The second kappa shape index (κ2) is 6.19. The summed E-state index contributed by atoms with van der Waals surface area (Å²) in [5.41, 5.74) is 3.09.